The van der Waals surface area contributed by atoms with Crippen LogP contribution in [0.5, 0.6) is 17.2 Å². The Hall–Kier alpha value is -3.28. The monoisotopic (exact) mass is 451 g/mol. The molecule has 0 aliphatic carbocycles. The first-order valence-electron chi connectivity index (χ1n) is 11.2. The van der Waals surface area contributed by atoms with Gasteiger partial charge in [-0.15, -0.1) is 0 Å². The van der Waals surface area contributed by atoms with Gasteiger partial charge >= 0.3 is 6.09 Å². The van der Waals surface area contributed by atoms with Gasteiger partial charge in [-0.05, 0) is 66.8 Å². The van der Waals surface area contributed by atoms with Gasteiger partial charge in [0.1, 0.15) is 30.0 Å². The summed E-state index contributed by atoms with van der Waals surface area (Å²) in [6.45, 7) is 3.69. The topological polar surface area (TPSA) is 95.3 Å². The molecule has 174 valence electrons. The van der Waals surface area contributed by atoms with Crippen molar-refractivity contribution in [3.8, 4) is 23.3 Å². The molecule has 0 radical (unpaired) electrons. The van der Waals surface area contributed by atoms with E-state index in [-0.39, 0.29) is 12.7 Å². The number of nitrogens with zero attached hydrogens (tertiary/aromatic N) is 3. The minimum absolute atomic E-state index is 0.193. The molecule has 2 aromatic rings. The van der Waals surface area contributed by atoms with Crippen molar-refractivity contribution in [1.82, 2.24) is 9.80 Å². The van der Waals surface area contributed by atoms with Gasteiger partial charge in [-0.3, -0.25) is 4.90 Å². The Balaban J connectivity index is 1.23. The summed E-state index contributed by atoms with van der Waals surface area (Å²) in [7, 11) is 1.60. The number of aliphatic hydroxyl groups is 1. The van der Waals surface area contributed by atoms with E-state index >= 15 is 0 Å². The zero-order valence-electron chi connectivity index (χ0n) is 18.7. The molecule has 3 unspecified atom stereocenters. The highest BCUT2D eigenvalue weighted by atomic mass is 16.6. The number of ether oxygens (including phenoxy) is 3. The normalized spacial score (nSPS) is 21.1. The van der Waals surface area contributed by atoms with Crippen molar-refractivity contribution >= 4 is 6.09 Å². The third-order valence-corrected chi connectivity index (χ3v) is 6.07. The van der Waals surface area contributed by atoms with E-state index in [1.807, 2.05) is 0 Å². The fraction of sp³-hybridized carbons (Fsp3) is 0.440. The maximum absolute atomic E-state index is 12.7. The Morgan fingerprint density at radius 2 is 1.64 bits per heavy atom. The number of methoxy groups -OCH3 is 1. The number of rotatable bonds is 7. The number of hydrogen-bond acceptors (Lipinski definition) is 7. The van der Waals surface area contributed by atoms with Crippen molar-refractivity contribution in [2.45, 2.75) is 12.5 Å². The summed E-state index contributed by atoms with van der Waals surface area (Å²) < 4.78 is 16.3. The molecule has 1 N–H and O–H groups in total. The van der Waals surface area contributed by atoms with Gasteiger partial charge < -0.3 is 24.2 Å². The highest BCUT2D eigenvalue weighted by Gasteiger charge is 2.37. The lowest BCUT2D eigenvalue weighted by molar-refractivity contribution is 0.00447. The van der Waals surface area contributed by atoms with Gasteiger partial charge in [0.15, 0.2) is 0 Å². The maximum atomic E-state index is 12.7. The van der Waals surface area contributed by atoms with Crippen LogP contribution < -0.4 is 14.2 Å². The average molecular weight is 452 g/mol. The Kier molecular flexibility index (Phi) is 7.33. The Morgan fingerprint density at radius 3 is 2.24 bits per heavy atom. The van der Waals surface area contributed by atoms with Crippen LogP contribution in [0.4, 0.5) is 4.79 Å². The summed E-state index contributed by atoms with van der Waals surface area (Å²) in [5.41, 5.74) is 0.574. The van der Waals surface area contributed by atoms with E-state index in [0.29, 0.717) is 54.3 Å². The van der Waals surface area contributed by atoms with E-state index in [0.717, 1.165) is 19.5 Å². The SMILES string of the molecule is COc1ccc(OC(=O)N2CC3CC(CN(CC(O)COc4ccc(C#N)cc4)C3)C2)cc1. The third kappa shape index (κ3) is 6.15. The van der Waals surface area contributed by atoms with E-state index in [1.54, 1.807) is 60.5 Å². The van der Waals surface area contributed by atoms with Crippen molar-refractivity contribution < 1.29 is 24.1 Å². The first-order valence-corrected chi connectivity index (χ1v) is 11.2. The lowest BCUT2D eigenvalue weighted by Crippen LogP contribution is -2.55. The summed E-state index contributed by atoms with van der Waals surface area (Å²) in [5.74, 6) is 2.56. The van der Waals surface area contributed by atoms with Crippen molar-refractivity contribution in [1.29, 1.82) is 5.26 Å². The average Bonchev–Trinajstić information content (AvgIpc) is 2.83. The number of fused-ring (bicyclic) bond motifs is 2. The van der Waals surface area contributed by atoms with Crippen LogP contribution in [0.15, 0.2) is 48.5 Å². The molecule has 2 heterocycles. The number of carbonyl (C=O) groups excluding carboxylic acids is 1. The number of aliphatic hydroxyl groups excluding tert-OH is 1. The van der Waals surface area contributed by atoms with Crippen LogP contribution in [0.25, 0.3) is 0 Å². The van der Waals surface area contributed by atoms with Crippen LogP contribution in [0.2, 0.25) is 0 Å². The predicted molar refractivity (Wildman–Crippen MR) is 121 cm³/mol. The van der Waals surface area contributed by atoms with E-state index in [1.165, 1.54) is 0 Å². The standard InChI is InChI=1S/C25H29N3O5/c1-31-22-6-8-24(9-7-22)33-25(30)28-14-19-10-20(15-28)13-27(12-19)16-21(29)17-32-23-4-2-18(11-26)3-5-23/h2-9,19-21,29H,10,12-17H2,1H3. The van der Waals surface area contributed by atoms with Gasteiger partial charge in [0.05, 0.1) is 18.7 Å². The van der Waals surface area contributed by atoms with Crippen LogP contribution in [0, 0.1) is 23.2 Å². The van der Waals surface area contributed by atoms with Gasteiger partial charge in [-0.25, -0.2) is 4.79 Å². The zero-order chi connectivity index (χ0) is 23.2. The van der Waals surface area contributed by atoms with Crippen LogP contribution >= 0.6 is 0 Å². The maximum Gasteiger partial charge on any atom is 0.415 e. The van der Waals surface area contributed by atoms with Crippen molar-refractivity contribution in [3.05, 3.63) is 54.1 Å². The lowest BCUT2D eigenvalue weighted by atomic mass is 9.84. The van der Waals surface area contributed by atoms with Crippen LogP contribution in [-0.2, 0) is 0 Å². The molecule has 1 amide bonds. The molecule has 0 aromatic heterocycles. The number of amides is 1. The zero-order valence-corrected chi connectivity index (χ0v) is 18.7. The quantitative estimate of drug-likeness (QED) is 0.692. The highest BCUT2D eigenvalue weighted by molar-refractivity contribution is 5.71. The fourth-order valence-electron chi connectivity index (χ4n) is 4.66. The molecule has 2 bridgehead atoms. The second-order valence-electron chi connectivity index (χ2n) is 8.74. The first kappa shape index (κ1) is 22.9. The lowest BCUT2D eigenvalue weighted by Gasteiger charge is -2.45. The molecule has 0 saturated carbocycles. The second-order valence-corrected chi connectivity index (χ2v) is 8.74. The van der Waals surface area contributed by atoms with E-state index in [4.69, 9.17) is 19.5 Å². The van der Waals surface area contributed by atoms with Gasteiger partial charge in [0.2, 0.25) is 0 Å². The molecule has 2 fully saturated rings. The van der Waals surface area contributed by atoms with E-state index in [9.17, 15) is 9.90 Å². The summed E-state index contributed by atoms with van der Waals surface area (Å²) in [6, 6.07) is 15.9. The molecule has 3 atom stereocenters. The van der Waals surface area contributed by atoms with Crippen LogP contribution in [-0.4, -0.2) is 73.5 Å². The number of piperidine rings is 2. The Morgan fingerprint density at radius 1 is 1.03 bits per heavy atom. The van der Waals surface area contributed by atoms with Gasteiger partial charge in [0.25, 0.3) is 0 Å². The number of carbonyl (C=O) groups is 1. The van der Waals surface area contributed by atoms with Gasteiger partial charge in [-0.1, -0.05) is 0 Å². The highest BCUT2D eigenvalue weighted by Crippen LogP contribution is 2.29. The molecule has 2 aliphatic heterocycles. The Bertz CT molecular complexity index is 959. The largest absolute Gasteiger partial charge is 0.497 e. The van der Waals surface area contributed by atoms with Gasteiger partial charge in [0, 0.05) is 32.7 Å². The molecule has 0 spiro atoms. The first-order chi connectivity index (χ1) is 16.0. The number of benzene rings is 2. The number of likely N-dealkylation sites (tertiary alicyclic amines) is 2. The number of β-amino-alcohol motifs (C(OH)–C–C–N with tert-alkyl or cyclic N) is 1. The minimum Gasteiger partial charge on any atom is -0.497 e. The molecule has 2 saturated heterocycles. The predicted octanol–water partition coefficient (Wildman–Crippen LogP) is 2.76. The number of nitriles is 1. The van der Waals surface area contributed by atoms with Crippen LogP contribution in [0.1, 0.15) is 12.0 Å². The summed E-state index contributed by atoms with van der Waals surface area (Å²) in [5, 5.41) is 19.3. The minimum atomic E-state index is -0.615. The summed E-state index contributed by atoms with van der Waals surface area (Å²) in [6.07, 6.45) is 0.149. The van der Waals surface area contributed by atoms with Crippen molar-refractivity contribution in [2.75, 3.05) is 46.4 Å². The Labute approximate surface area is 193 Å². The molecule has 33 heavy (non-hydrogen) atoms. The number of hydrogen-bond donors (Lipinski definition) is 1. The molecule has 8 nitrogen and oxygen atoms in total. The van der Waals surface area contributed by atoms with Gasteiger partial charge in [-0.2, -0.15) is 5.26 Å². The molecule has 2 aromatic carbocycles. The fourth-order valence-corrected chi connectivity index (χ4v) is 4.66. The molecule has 8 heteroatoms. The molecule has 4 rings (SSSR count). The summed E-state index contributed by atoms with van der Waals surface area (Å²) >= 11 is 0. The van der Waals surface area contributed by atoms with E-state index in [2.05, 4.69) is 11.0 Å². The summed E-state index contributed by atoms with van der Waals surface area (Å²) in [4.78, 5) is 16.7. The van der Waals surface area contributed by atoms with E-state index < -0.39 is 6.10 Å². The van der Waals surface area contributed by atoms with Crippen molar-refractivity contribution in [3.63, 3.8) is 0 Å². The van der Waals surface area contributed by atoms with Crippen LogP contribution in [0.3, 0.4) is 0 Å². The third-order valence-electron chi connectivity index (χ3n) is 6.07. The van der Waals surface area contributed by atoms with Crippen molar-refractivity contribution in [2.24, 2.45) is 11.8 Å². The second kappa shape index (κ2) is 10.6. The smallest absolute Gasteiger partial charge is 0.415 e. The molecule has 2 aliphatic rings. The molecular weight excluding hydrogens is 422 g/mol. The molecular formula is C25H29N3O5.